The van der Waals surface area contributed by atoms with E-state index in [2.05, 4.69) is 9.97 Å². The van der Waals surface area contributed by atoms with Crippen LogP contribution in [-0.2, 0) is 6.42 Å². The van der Waals surface area contributed by atoms with Gasteiger partial charge in [0.15, 0.2) is 0 Å². The number of aromatic amines is 1. The SMILES string of the molecule is CC(C)(N(C(=O)O)c1cccc2c1CCCC2c1cnc[nH]1)C(Cl)(Cl)Cl. The van der Waals surface area contributed by atoms with Crippen molar-refractivity contribution in [2.75, 3.05) is 4.90 Å². The maximum absolute atomic E-state index is 12.1. The van der Waals surface area contributed by atoms with Gasteiger partial charge in [0.05, 0.1) is 17.6 Å². The zero-order valence-electron chi connectivity index (χ0n) is 14.5. The molecule has 1 aromatic heterocycles. The molecule has 1 heterocycles. The highest BCUT2D eigenvalue weighted by molar-refractivity contribution is 6.68. The van der Waals surface area contributed by atoms with Gasteiger partial charge in [-0.1, -0.05) is 46.9 Å². The molecule has 0 fully saturated rings. The van der Waals surface area contributed by atoms with Crippen LogP contribution in [0.5, 0.6) is 0 Å². The van der Waals surface area contributed by atoms with E-state index >= 15 is 0 Å². The molecule has 3 rings (SSSR count). The predicted molar refractivity (Wildman–Crippen MR) is 105 cm³/mol. The van der Waals surface area contributed by atoms with Crippen molar-refractivity contribution >= 4 is 46.6 Å². The van der Waals surface area contributed by atoms with Crippen LogP contribution in [0.2, 0.25) is 0 Å². The number of hydrogen-bond acceptors (Lipinski definition) is 2. The van der Waals surface area contributed by atoms with Crippen LogP contribution in [0.3, 0.4) is 0 Å². The van der Waals surface area contributed by atoms with Crippen LogP contribution in [0.25, 0.3) is 0 Å². The van der Waals surface area contributed by atoms with Crippen LogP contribution in [0.15, 0.2) is 30.7 Å². The maximum atomic E-state index is 12.1. The Kier molecular flexibility index (Phi) is 5.17. The second-order valence-corrected chi connectivity index (χ2v) is 9.25. The Labute approximate surface area is 167 Å². The van der Waals surface area contributed by atoms with Gasteiger partial charge in [0.25, 0.3) is 0 Å². The van der Waals surface area contributed by atoms with Crippen molar-refractivity contribution in [3.05, 3.63) is 47.5 Å². The number of hydrogen-bond donors (Lipinski definition) is 2. The summed E-state index contributed by atoms with van der Waals surface area (Å²) in [5.74, 6) is 0.146. The monoisotopic (exact) mass is 415 g/mol. The Bertz CT molecular complexity index is 801. The number of amides is 1. The minimum absolute atomic E-state index is 0.146. The van der Waals surface area contributed by atoms with Crippen molar-refractivity contribution in [2.45, 2.75) is 48.4 Å². The first kappa shape index (κ1) is 19.3. The minimum atomic E-state index is -1.79. The normalized spacial score (nSPS) is 17.7. The summed E-state index contributed by atoms with van der Waals surface area (Å²) in [5, 5.41) is 9.91. The topological polar surface area (TPSA) is 69.2 Å². The summed E-state index contributed by atoms with van der Waals surface area (Å²) in [7, 11) is 0. The second-order valence-electron chi connectivity index (χ2n) is 6.97. The number of imidazole rings is 1. The predicted octanol–water partition coefficient (Wildman–Crippen LogP) is 5.51. The first-order chi connectivity index (χ1) is 12.1. The lowest BCUT2D eigenvalue weighted by Gasteiger charge is -2.43. The lowest BCUT2D eigenvalue weighted by Crippen LogP contribution is -2.56. The molecular formula is C18H20Cl3N3O2. The molecule has 1 atom stereocenters. The Morgan fingerprint density at radius 1 is 1.35 bits per heavy atom. The lowest BCUT2D eigenvalue weighted by molar-refractivity contribution is 0.194. The first-order valence-electron chi connectivity index (χ1n) is 8.34. The molecular weight excluding hydrogens is 397 g/mol. The number of benzene rings is 1. The fourth-order valence-electron chi connectivity index (χ4n) is 3.59. The molecule has 1 aliphatic rings. The Morgan fingerprint density at radius 3 is 2.65 bits per heavy atom. The average Bonchev–Trinajstić information content (AvgIpc) is 3.07. The first-order valence-corrected chi connectivity index (χ1v) is 9.48. The number of aromatic nitrogens is 2. The Balaban J connectivity index is 2.14. The molecule has 0 saturated heterocycles. The zero-order valence-corrected chi connectivity index (χ0v) is 16.7. The number of carbonyl (C=O) groups is 1. The fourth-order valence-corrected chi connectivity index (χ4v) is 3.84. The van der Waals surface area contributed by atoms with E-state index in [4.69, 9.17) is 34.8 Å². The van der Waals surface area contributed by atoms with Crippen molar-refractivity contribution in [2.24, 2.45) is 0 Å². The quantitative estimate of drug-likeness (QED) is 0.648. The molecule has 1 aromatic carbocycles. The molecule has 0 bridgehead atoms. The number of nitrogens with one attached hydrogen (secondary N) is 1. The number of anilines is 1. The third-order valence-electron chi connectivity index (χ3n) is 5.06. The van der Waals surface area contributed by atoms with Gasteiger partial charge >= 0.3 is 6.09 Å². The van der Waals surface area contributed by atoms with Crippen molar-refractivity contribution in [1.29, 1.82) is 0 Å². The van der Waals surface area contributed by atoms with Gasteiger partial charge in [0, 0.05) is 17.8 Å². The van der Waals surface area contributed by atoms with E-state index in [9.17, 15) is 9.90 Å². The highest BCUT2D eigenvalue weighted by Crippen LogP contribution is 2.47. The Morgan fingerprint density at radius 2 is 2.08 bits per heavy atom. The molecule has 0 radical (unpaired) electrons. The highest BCUT2D eigenvalue weighted by atomic mass is 35.6. The van der Waals surface area contributed by atoms with Crippen molar-refractivity contribution in [1.82, 2.24) is 9.97 Å². The number of alkyl halides is 3. The number of rotatable bonds is 3. The van der Waals surface area contributed by atoms with Gasteiger partial charge in [-0.3, -0.25) is 4.90 Å². The maximum Gasteiger partial charge on any atom is 0.412 e. The van der Waals surface area contributed by atoms with E-state index in [1.54, 1.807) is 26.2 Å². The summed E-state index contributed by atoms with van der Waals surface area (Å²) in [4.78, 5) is 20.6. The molecule has 1 amide bonds. The van der Waals surface area contributed by atoms with Crippen LogP contribution >= 0.6 is 34.8 Å². The fraction of sp³-hybridized carbons (Fsp3) is 0.444. The Hall–Kier alpha value is -1.43. The summed E-state index contributed by atoms with van der Waals surface area (Å²) >= 11 is 18.4. The summed E-state index contributed by atoms with van der Waals surface area (Å²) in [6, 6.07) is 5.67. The number of carboxylic acid groups (broad SMARTS) is 1. The molecule has 8 heteroatoms. The molecule has 26 heavy (non-hydrogen) atoms. The second kappa shape index (κ2) is 6.95. The third kappa shape index (κ3) is 3.28. The van der Waals surface area contributed by atoms with Crippen LogP contribution in [-0.4, -0.2) is 30.5 Å². The van der Waals surface area contributed by atoms with Gasteiger partial charge in [-0.15, -0.1) is 0 Å². The van der Waals surface area contributed by atoms with Crippen LogP contribution in [0, 0.1) is 0 Å². The van der Waals surface area contributed by atoms with Gasteiger partial charge in [0.2, 0.25) is 3.79 Å². The van der Waals surface area contributed by atoms with Gasteiger partial charge in [0.1, 0.15) is 0 Å². The molecule has 5 nitrogen and oxygen atoms in total. The molecule has 0 aliphatic heterocycles. The van der Waals surface area contributed by atoms with Crippen LogP contribution < -0.4 is 4.90 Å². The summed E-state index contributed by atoms with van der Waals surface area (Å²) < 4.78 is -1.79. The molecule has 2 aromatic rings. The minimum Gasteiger partial charge on any atom is -0.465 e. The lowest BCUT2D eigenvalue weighted by atomic mass is 9.80. The van der Waals surface area contributed by atoms with E-state index in [0.29, 0.717) is 5.69 Å². The molecule has 2 N–H and O–H groups in total. The number of nitrogens with zero attached hydrogens (tertiary/aromatic N) is 2. The van der Waals surface area contributed by atoms with Gasteiger partial charge < -0.3 is 10.1 Å². The molecule has 1 aliphatic carbocycles. The number of H-pyrrole nitrogens is 1. The molecule has 0 saturated carbocycles. The molecule has 1 unspecified atom stereocenters. The molecule has 0 spiro atoms. The van der Waals surface area contributed by atoms with E-state index in [-0.39, 0.29) is 5.92 Å². The number of fused-ring (bicyclic) bond motifs is 1. The van der Waals surface area contributed by atoms with Gasteiger partial charge in [-0.05, 0) is 50.3 Å². The largest absolute Gasteiger partial charge is 0.465 e. The summed E-state index contributed by atoms with van der Waals surface area (Å²) in [6.07, 6.45) is 5.00. The smallest absolute Gasteiger partial charge is 0.412 e. The van der Waals surface area contributed by atoms with E-state index in [1.807, 2.05) is 18.3 Å². The van der Waals surface area contributed by atoms with E-state index in [1.165, 1.54) is 4.90 Å². The van der Waals surface area contributed by atoms with Crippen molar-refractivity contribution in [3.63, 3.8) is 0 Å². The zero-order chi connectivity index (χ0) is 19.1. The van der Waals surface area contributed by atoms with Crippen LogP contribution in [0.4, 0.5) is 10.5 Å². The standard InChI is InChI=1S/C18H20Cl3N3O2/c1-17(2,18(19,20)21)24(16(25)26)15-8-4-5-11-12(6-3-7-13(11)15)14-9-22-10-23-14/h4-5,8-10,12H,3,6-7H2,1-2H3,(H,22,23)(H,25,26). The van der Waals surface area contributed by atoms with E-state index < -0.39 is 15.4 Å². The van der Waals surface area contributed by atoms with Crippen molar-refractivity contribution < 1.29 is 9.90 Å². The summed E-state index contributed by atoms with van der Waals surface area (Å²) in [6.45, 7) is 3.23. The summed E-state index contributed by atoms with van der Waals surface area (Å²) in [5.41, 5.74) is 2.40. The van der Waals surface area contributed by atoms with Crippen LogP contribution in [0.1, 0.15) is 49.4 Å². The number of halogens is 3. The third-order valence-corrected chi connectivity index (χ3v) is 6.45. The molecule has 140 valence electrons. The van der Waals surface area contributed by atoms with E-state index in [0.717, 1.165) is 36.1 Å². The van der Waals surface area contributed by atoms with Crippen molar-refractivity contribution in [3.8, 4) is 0 Å². The van der Waals surface area contributed by atoms with Gasteiger partial charge in [-0.25, -0.2) is 9.78 Å². The highest BCUT2D eigenvalue weighted by Gasteiger charge is 2.49. The van der Waals surface area contributed by atoms with Gasteiger partial charge in [-0.2, -0.15) is 0 Å². The average molecular weight is 417 g/mol.